The van der Waals surface area contributed by atoms with Gasteiger partial charge < -0.3 is 10.3 Å². The second-order valence-electron chi connectivity index (χ2n) is 5.85. The van der Waals surface area contributed by atoms with Crippen molar-refractivity contribution in [1.82, 2.24) is 4.57 Å². The SMILES string of the molecule is CC(C)(N)CCn1ccc2cc(C(=O)C(F)(F)F)ccc21. The first-order valence-corrected chi connectivity index (χ1v) is 6.57. The van der Waals surface area contributed by atoms with Crippen LogP contribution < -0.4 is 5.73 Å². The van der Waals surface area contributed by atoms with Crippen molar-refractivity contribution in [3.8, 4) is 0 Å². The molecular formula is C15H17F3N2O. The van der Waals surface area contributed by atoms with E-state index in [0.29, 0.717) is 11.9 Å². The molecule has 2 aromatic rings. The van der Waals surface area contributed by atoms with Crippen molar-refractivity contribution in [2.75, 3.05) is 0 Å². The Morgan fingerprint density at radius 2 is 1.90 bits per heavy atom. The third kappa shape index (κ3) is 3.64. The van der Waals surface area contributed by atoms with Crippen molar-refractivity contribution in [2.45, 2.75) is 38.5 Å². The third-order valence-corrected chi connectivity index (χ3v) is 3.29. The van der Waals surface area contributed by atoms with Crippen LogP contribution >= 0.6 is 0 Å². The number of carbonyl (C=O) groups is 1. The molecule has 0 saturated carbocycles. The number of halogens is 3. The van der Waals surface area contributed by atoms with Gasteiger partial charge in [-0.1, -0.05) is 0 Å². The van der Waals surface area contributed by atoms with Gasteiger partial charge in [0.25, 0.3) is 5.78 Å². The molecule has 1 aromatic heterocycles. The van der Waals surface area contributed by atoms with E-state index in [0.717, 1.165) is 11.9 Å². The van der Waals surface area contributed by atoms with Gasteiger partial charge in [0.2, 0.25) is 0 Å². The average Bonchev–Trinajstić information content (AvgIpc) is 2.75. The van der Waals surface area contributed by atoms with Crippen LogP contribution in [0.25, 0.3) is 10.9 Å². The standard InChI is InChI=1S/C15H17F3N2O/c1-14(2,19)6-8-20-7-5-10-9-11(3-4-12(10)20)13(21)15(16,17)18/h3-5,7,9H,6,8,19H2,1-2H3. The van der Waals surface area contributed by atoms with Gasteiger partial charge in [0, 0.05) is 34.7 Å². The Morgan fingerprint density at radius 3 is 2.48 bits per heavy atom. The van der Waals surface area contributed by atoms with Crippen molar-refractivity contribution in [3.63, 3.8) is 0 Å². The van der Waals surface area contributed by atoms with Gasteiger partial charge in [-0.05, 0) is 44.5 Å². The van der Waals surface area contributed by atoms with Crippen molar-refractivity contribution in [2.24, 2.45) is 5.73 Å². The molecule has 21 heavy (non-hydrogen) atoms. The number of nitrogens with two attached hydrogens (primary N) is 1. The molecule has 1 aromatic carbocycles. The molecule has 2 rings (SSSR count). The topological polar surface area (TPSA) is 48.0 Å². The number of fused-ring (bicyclic) bond motifs is 1. The molecule has 0 amide bonds. The maximum absolute atomic E-state index is 12.4. The van der Waals surface area contributed by atoms with Crippen LogP contribution in [0, 0.1) is 0 Å². The van der Waals surface area contributed by atoms with Crippen molar-refractivity contribution in [1.29, 1.82) is 0 Å². The number of carbonyl (C=O) groups excluding carboxylic acids is 1. The van der Waals surface area contributed by atoms with Crippen LogP contribution in [0.1, 0.15) is 30.6 Å². The summed E-state index contributed by atoms with van der Waals surface area (Å²) in [6, 6.07) is 5.72. The van der Waals surface area contributed by atoms with E-state index in [-0.39, 0.29) is 11.1 Å². The van der Waals surface area contributed by atoms with Crippen LogP contribution in [-0.2, 0) is 6.54 Å². The van der Waals surface area contributed by atoms with E-state index in [1.807, 2.05) is 18.4 Å². The number of hydrogen-bond donors (Lipinski definition) is 1. The van der Waals surface area contributed by atoms with Gasteiger partial charge in [0.05, 0.1) is 0 Å². The molecule has 0 aliphatic carbocycles. The number of rotatable bonds is 4. The number of benzene rings is 1. The summed E-state index contributed by atoms with van der Waals surface area (Å²) >= 11 is 0. The smallest absolute Gasteiger partial charge is 0.347 e. The highest BCUT2D eigenvalue weighted by Crippen LogP contribution is 2.25. The molecule has 0 aliphatic rings. The summed E-state index contributed by atoms with van der Waals surface area (Å²) in [4.78, 5) is 11.2. The molecular weight excluding hydrogens is 281 g/mol. The first-order chi connectivity index (χ1) is 9.58. The third-order valence-electron chi connectivity index (χ3n) is 3.29. The lowest BCUT2D eigenvalue weighted by Crippen LogP contribution is -2.33. The average molecular weight is 298 g/mol. The quantitative estimate of drug-likeness (QED) is 0.878. The van der Waals surface area contributed by atoms with Crippen LogP contribution in [0.3, 0.4) is 0 Å². The maximum atomic E-state index is 12.4. The Bertz CT molecular complexity index is 666. The molecule has 0 aliphatic heterocycles. The summed E-state index contributed by atoms with van der Waals surface area (Å²) in [5.74, 6) is -1.82. The first kappa shape index (κ1) is 15.6. The van der Waals surface area contributed by atoms with E-state index in [1.165, 1.54) is 18.2 Å². The number of aromatic nitrogens is 1. The summed E-state index contributed by atoms with van der Waals surface area (Å²) in [6.07, 6.45) is -2.32. The minimum absolute atomic E-state index is 0.317. The first-order valence-electron chi connectivity index (χ1n) is 6.57. The summed E-state index contributed by atoms with van der Waals surface area (Å²) in [5, 5.41) is 0.611. The Kier molecular flexibility index (Phi) is 3.84. The van der Waals surface area contributed by atoms with E-state index in [1.54, 1.807) is 12.3 Å². The minimum atomic E-state index is -4.85. The van der Waals surface area contributed by atoms with Gasteiger partial charge in [-0.15, -0.1) is 0 Å². The number of alkyl halides is 3. The fourth-order valence-electron chi connectivity index (χ4n) is 2.11. The fraction of sp³-hybridized carbons (Fsp3) is 0.400. The van der Waals surface area contributed by atoms with E-state index in [9.17, 15) is 18.0 Å². The Hall–Kier alpha value is -1.82. The molecule has 0 radical (unpaired) electrons. The number of Topliss-reactive ketones (excluding diaryl/α,β-unsaturated/α-hetero) is 1. The molecule has 0 spiro atoms. The van der Waals surface area contributed by atoms with Crippen LogP contribution in [0.2, 0.25) is 0 Å². The monoisotopic (exact) mass is 298 g/mol. The fourth-order valence-corrected chi connectivity index (χ4v) is 2.11. The van der Waals surface area contributed by atoms with Gasteiger partial charge in [-0.25, -0.2) is 0 Å². The Morgan fingerprint density at radius 1 is 1.24 bits per heavy atom. The van der Waals surface area contributed by atoms with Gasteiger partial charge >= 0.3 is 6.18 Å². The van der Waals surface area contributed by atoms with Crippen LogP contribution in [-0.4, -0.2) is 22.1 Å². The zero-order valence-corrected chi connectivity index (χ0v) is 11.9. The lowest BCUT2D eigenvalue weighted by molar-refractivity contribution is -0.0885. The molecule has 2 N–H and O–H groups in total. The molecule has 0 unspecified atom stereocenters. The molecule has 0 fully saturated rings. The normalized spacial score (nSPS) is 12.9. The van der Waals surface area contributed by atoms with Gasteiger partial charge in [0.1, 0.15) is 0 Å². The van der Waals surface area contributed by atoms with Crippen LogP contribution in [0.4, 0.5) is 13.2 Å². The Labute approximate surface area is 120 Å². The van der Waals surface area contributed by atoms with Crippen molar-refractivity contribution in [3.05, 3.63) is 36.0 Å². The summed E-state index contributed by atoms with van der Waals surface area (Å²) in [5.41, 5.74) is 6.06. The predicted molar refractivity (Wildman–Crippen MR) is 75.2 cm³/mol. The second-order valence-corrected chi connectivity index (χ2v) is 5.85. The van der Waals surface area contributed by atoms with E-state index in [2.05, 4.69) is 0 Å². The zero-order chi connectivity index (χ0) is 15.8. The number of ketones is 1. The molecule has 1 heterocycles. The van der Waals surface area contributed by atoms with Crippen LogP contribution in [0.5, 0.6) is 0 Å². The number of aryl methyl sites for hydroxylation is 1. The van der Waals surface area contributed by atoms with Crippen molar-refractivity contribution < 1.29 is 18.0 Å². The summed E-state index contributed by atoms with van der Waals surface area (Å²) in [6.45, 7) is 4.50. The highest BCUT2D eigenvalue weighted by molar-refractivity contribution is 6.02. The van der Waals surface area contributed by atoms with Gasteiger partial charge in [-0.2, -0.15) is 13.2 Å². The minimum Gasteiger partial charge on any atom is -0.347 e. The van der Waals surface area contributed by atoms with E-state index < -0.39 is 12.0 Å². The molecule has 0 saturated heterocycles. The van der Waals surface area contributed by atoms with Crippen molar-refractivity contribution >= 4 is 16.7 Å². The van der Waals surface area contributed by atoms with E-state index >= 15 is 0 Å². The molecule has 0 atom stereocenters. The molecule has 114 valence electrons. The van der Waals surface area contributed by atoms with Crippen LogP contribution in [0.15, 0.2) is 30.5 Å². The van der Waals surface area contributed by atoms with Gasteiger partial charge in [0.15, 0.2) is 0 Å². The molecule has 0 bridgehead atoms. The largest absolute Gasteiger partial charge is 0.454 e. The van der Waals surface area contributed by atoms with E-state index in [4.69, 9.17) is 5.73 Å². The maximum Gasteiger partial charge on any atom is 0.454 e. The highest BCUT2D eigenvalue weighted by Gasteiger charge is 2.39. The molecule has 3 nitrogen and oxygen atoms in total. The lowest BCUT2D eigenvalue weighted by Gasteiger charge is -2.18. The Balaban J connectivity index is 2.29. The second kappa shape index (κ2) is 5.18. The molecule has 6 heteroatoms. The zero-order valence-electron chi connectivity index (χ0n) is 11.9. The predicted octanol–water partition coefficient (Wildman–Crippen LogP) is 3.51. The number of hydrogen-bond acceptors (Lipinski definition) is 2. The lowest BCUT2D eigenvalue weighted by atomic mass is 10.0. The number of nitrogens with zero attached hydrogens (tertiary/aromatic N) is 1. The highest BCUT2D eigenvalue weighted by atomic mass is 19.4. The summed E-state index contributed by atoms with van der Waals surface area (Å²) in [7, 11) is 0. The van der Waals surface area contributed by atoms with Gasteiger partial charge in [-0.3, -0.25) is 4.79 Å². The summed E-state index contributed by atoms with van der Waals surface area (Å²) < 4.78 is 39.2.